The highest BCUT2D eigenvalue weighted by Gasteiger charge is 2.18. The van der Waals surface area contributed by atoms with Crippen molar-refractivity contribution in [3.63, 3.8) is 0 Å². The van der Waals surface area contributed by atoms with Gasteiger partial charge in [-0.15, -0.1) is 0 Å². The summed E-state index contributed by atoms with van der Waals surface area (Å²) in [5.74, 6) is 0. The van der Waals surface area contributed by atoms with E-state index in [1.807, 2.05) is 17.5 Å². The third-order valence-electron chi connectivity index (χ3n) is 3.09. The van der Waals surface area contributed by atoms with E-state index in [1.54, 1.807) is 18.2 Å². The maximum atomic E-state index is 9.43. The molecule has 110 valence electrons. The summed E-state index contributed by atoms with van der Waals surface area (Å²) in [6, 6.07) is 13.1. The number of aromatic nitrogens is 2. The van der Waals surface area contributed by atoms with Gasteiger partial charge in [0.1, 0.15) is 11.6 Å². The fourth-order valence-electron chi connectivity index (χ4n) is 1.98. The minimum absolute atomic E-state index is 0.0964. The zero-order valence-corrected chi connectivity index (χ0v) is 13.2. The van der Waals surface area contributed by atoms with E-state index in [2.05, 4.69) is 27.4 Å². The minimum atomic E-state index is 0.0964. The molecule has 1 aliphatic heterocycles. The van der Waals surface area contributed by atoms with Crippen molar-refractivity contribution in [1.29, 1.82) is 10.5 Å². The maximum absolute atomic E-state index is 9.43. The van der Waals surface area contributed by atoms with E-state index in [-0.39, 0.29) is 5.28 Å². The first-order valence-electron chi connectivity index (χ1n) is 6.49. The highest BCUT2D eigenvalue weighted by atomic mass is 35.5. The third-order valence-corrected chi connectivity index (χ3v) is 4.17. The lowest BCUT2D eigenvalue weighted by Gasteiger charge is -2.07. The van der Waals surface area contributed by atoms with Crippen LogP contribution in [0.15, 0.2) is 47.0 Å². The molecule has 2 aromatic rings. The number of hydrogen-bond donors (Lipinski definition) is 1. The van der Waals surface area contributed by atoms with Gasteiger partial charge in [-0.05, 0) is 35.4 Å². The van der Waals surface area contributed by atoms with Gasteiger partial charge in [0, 0.05) is 11.6 Å². The lowest BCUT2D eigenvalue weighted by atomic mass is 10.1. The Morgan fingerprint density at radius 3 is 2.61 bits per heavy atom. The standard InChI is InChI=1S/C16H8ClN5S/c17-16-20-6-5-13(22-16)12(8-19)15-21-14(9-23-15)11-3-1-10(7-18)2-4-11/h1-6,9,21H. The van der Waals surface area contributed by atoms with Crippen LogP contribution in [0.25, 0.3) is 11.3 Å². The Balaban J connectivity index is 1.89. The van der Waals surface area contributed by atoms with Crippen LogP contribution >= 0.6 is 23.4 Å². The van der Waals surface area contributed by atoms with Gasteiger partial charge in [-0.2, -0.15) is 10.5 Å². The number of benzene rings is 1. The fourth-order valence-corrected chi connectivity index (χ4v) is 3.00. The van der Waals surface area contributed by atoms with Crippen molar-refractivity contribution >= 4 is 34.6 Å². The number of nitrogens with zero attached hydrogens (tertiary/aromatic N) is 4. The molecule has 1 N–H and O–H groups in total. The number of nitrogens with one attached hydrogen (secondary N) is 1. The monoisotopic (exact) mass is 337 g/mol. The van der Waals surface area contributed by atoms with Gasteiger partial charge in [0.05, 0.1) is 28.1 Å². The molecule has 0 saturated carbocycles. The van der Waals surface area contributed by atoms with Gasteiger partial charge in [0.2, 0.25) is 5.28 Å². The molecular weight excluding hydrogens is 330 g/mol. The summed E-state index contributed by atoms with van der Waals surface area (Å²) in [6.45, 7) is 0. The smallest absolute Gasteiger partial charge is 0.222 e. The first-order valence-corrected chi connectivity index (χ1v) is 7.74. The summed E-state index contributed by atoms with van der Waals surface area (Å²) in [5.41, 5.74) is 3.27. The van der Waals surface area contributed by atoms with Crippen molar-refractivity contribution in [2.24, 2.45) is 0 Å². The second-order valence-corrected chi connectivity index (χ2v) is 5.71. The Hall–Kier alpha value is -2.80. The Labute approximate surface area is 141 Å². The molecule has 0 aliphatic carbocycles. The molecule has 0 fully saturated rings. The summed E-state index contributed by atoms with van der Waals surface area (Å²) in [5, 5.41) is 24.2. The van der Waals surface area contributed by atoms with Crippen molar-refractivity contribution in [2.75, 3.05) is 0 Å². The van der Waals surface area contributed by atoms with Gasteiger partial charge in [-0.3, -0.25) is 0 Å². The Morgan fingerprint density at radius 1 is 1.17 bits per heavy atom. The molecule has 3 rings (SSSR count). The van der Waals surface area contributed by atoms with Crippen molar-refractivity contribution in [3.05, 3.63) is 69.1 Å². The summed E-state index contributed by atoms with van der Waals surface area (Å²) < 4.78 is 0. The molecule has 0 radical (unpaired) electrons. The van der Waals surface area contributed by atoms with Crippen molar-refractivity contribution in [3.8, 4) is 12.1 Å². The number of rotatable bonds is 2. The Bertz CT molecular complexity index is 903. The average molecular weight is 338 g/mol. The molecule has 0 spiro atoms. The van der Waals surface area contributed by atoms with E-state index in [1.165, 1.54) is 18.0 Å². The molecule has 0 atom stereocenters. The summed E-state index contributed by atoms with van der Waals surface area (Å²) in [6.07, 6.45) is 1.51. The van der Waals surface area contributed by atoms with Crippen LogP contribution in [-0.4, -0.2) is 9.97 Å². The van der Waals surface area contributed by atoms with Crippen LogP contribution in [0.3, 0.4) is 0 Å². The van der Waals surface area contributed by atoms with Crippen LogP contribution in [0.1, 0.15) is 16.8 Å². The lowest BCUT2D eigenvalue weighted by Crippen LogP contribution is -2.07. The lowest BCUT2D eigenvalue weighted by molar-refractivity contribution is 1.13. The van der Waals surface area contributed by atoms with E-state index >= 15 is 0 Å². The molecule has 0 saturated heterocycles. The van der Waals surface area contributed by atoms with Crippen LogP contribution in [-0.2, 0) is 0 Å². The van der Waals surface area contributed by atoms with E-state index in [9.17, 15) is 5.26 Å². The second-order valence-electron chi connectivity index (χ2n) is 4.49. The molecule has 1 aromatic heterocycles. The van der Waals surface area contributed by atoms with Crippen LogP contribution in [0, 0.1) is 22.7 Å². The number of halogens is 1. The van der Waals surface area contributed by atoms with Gasteiger partial charge in [-0.25, -0.2) is 9.97 Å². The average Bonchev–Trinajstić information content (AvgIpc) is 3.05. The van der Waals surface area contributed by atoms with Gasteiger partial charge in [0.25, 0.3) is 0 Å². The molecule has 1 aromatic carbocycles. The van der Waals surface area contributed by atoms with Crippen LogP contribution < -0.4 is 5.32 Å². The van der Waals surface area contributed by atoms with E-state index in [0.29, 0.717) is 21.9 Å². The molecule has 0 bridgehead atoms. The summed E-state index contributed by atoms with van der Waals surface area (Å²) in [7, 11) is 0. The normalized spacial score (nSPS) is 15.2. The van der Waals surface area contributed by atoms with E-state index < -0.39 is 0 Å². The molecule has 5 nitrogen and oxygen atoms in total. The zero-order valence-electron chi connectivity index (χ0n) is 11.6. The quantitative estimate of drug-likeness (QED) is 0.666. The first-order chi connectivity index (χ1) is 11.2. The highest BCUT2D eigenvalue weighted by Crippen LogP contribution is 2.34. The largest absolute Gasteiger partial charge is 0.348 e. The van der Waals surface area contributed by atoms with E-state index in [0.717, 1.165) is 11.3 Å². The number of thioether (sulfide) groups is 1. The van der Waals surface area contributed by atoms with Crippen molar-refractivity contribution < 1.29 is 0 Å². The second kappa shape index (κ2) is 6.53. The SMILES string of the molecule is N#CC(=C1NC(c2ccc(C#N)cc2)=CS1)c1ccnc(Cl)n1. The summed E-state index contributed by atoms with van der Waals surface area (Å²) in [4.78, 5) is 7.89. The Kier molecular flexibility index (Phi) is 4.29. The number of hydrogen-bond acceptors (Lipinski definition) is 6. The van der Waals surface area contributed by atoms with Gasteiger partial charge < -0.3 is 5.32 Å². The van der Waals surface area contributed by atoms with Crippen molar-refractivity contribution in [1.82, 2.24) is 15.3 Å². The highest BCUT2D eigenvalue weighted by molar-refractivity contribution is 8.06. The van der Waals surface area contributed by atoms with Gasteiger partial charge in [-0.1, -0.05) is 23.9 Å². The van der Waals surface area contributed by atoms with Crippen LogP contribution in [0.4, 0.5) is 0 Å². The van der Waals surface area contributed by atoms with E-state index in [4.69, 9.17) is 16.9 Å². The number of nitriles is 2. The third kappa shape index (κ3) is 3.19. The molecule has 23 heavy (non-hydrogen) atoms. The van der Waals surface area contributed by atoms with Crippen LogP contribution in [0.2, 0.25) is 5.28 Å². The Morgan fingerprint density at radius 2 is 1.96 bits per heavy atom. The molecule has 1 aliphatic rings. The topological polar surface area (TPSA) is 85.4 Å². The van der Waals surface area contributed by atoms with Crippen molar-refractivity contribution in [2.45, 2.75) is 0 Å². The number of allylic oxidation sites excluding steroid dienone is 1. The maximum Gasteiger partial charge on any atom is 0.222 e. The molecule has 0 amide bonds. The zero-order chi connectivity index (χ0) is 16.2. The molecule has 7 heteroatoms. The molecular formula is C16H8ClN5S. The molecule has 2 heterocycles. The van der Waals surface area contributed by atoms with Gasteiger partial charge in [0.15, 0.2) is 0 Å². The first kappa shape index (κ1) is 15.1. The predicted octanol–water partition coefficient (Wildman–Crippen LogP) is 3.53. The van der Waals surface area contributed by atoms with Crippen LogP contribution in [0.5, 0.6) is 0 Å². The fraction of sp³-hybridized carbons (Fsp3) is 0. The predicted molar refractivity (Wildman–Crippen MR) is 89.4 cm³/mol. The summed E-state index contributed by atoms with van der Waals surface area (Å²) >= 11 is 7.19. The minimum Gasteiger partial charge on any atom is -0.348 e. The van der Waals surface area contributed by atoms with Gasteiger partial charge >= 0.3 is 0 Å². The molecule has 0 unspecified atom stereocenters.